The number of rotatable bonds is 3. The molecule has 0 aliphatic carbocycles. The molecule has 0 bridgehead atoms. The molecule has 1 amide bonds. The van der Waals surface area contributed by atoms with Gasteiger partial charge in [0.15, 0.2) is 5.75 Å². The standard InChI is InChI=1S/C11H12N2O3/c1-2-10(14)12-7-8-3-4-9-11(13-8)16-6-5-15-9/h2-4H,1,5-7H2,(H,12,14). The summed E-state index contributed by atoms with van der Waals surface area (Å²) in [5.74, 6) is 0.901. The number of carbonyl (C=O) groups is 1. The first-order valence-corrected chi connectivity index (χ1v) is 4.95. The average Bonchev–Trinajstić information content (AvgIpc) is 2.35. The van der Waals surface area contributed by atoms with Gasteiger partial charge in [-0.15, -0.1) is 0 Å². The van der Waals surface area contributed by atoms with Crippen LogP contribution < -0.4 is 14.8 Å². The molecule has 0 saturated carbocycles. The Morgan fingerprint density at radius 2 is 2.31 bits per heavy atom. The predicted molar refractivity (Wildman–Crippen MR) is 57.3 cm³/mol. The number of fused-ring (bicyclic) bond motifs is 1. The Labute approximate surface area is 93.1 Å². The van der Waals surface area contributed by atoms with Gasteiger partial charge in [-0.05, 0) is 18.2 Å². The van der Waals surface area contributed by atoms with Gasteiger partial charge in [0.05, 0.1) is 12.2 Å². The van der Waals surface area contributed by atoms with Crippen molar-refractivity contribution in [1.29, 1.82) is 0 Å². The zero-order valence-electron chi connectivity index (χ0n) is 8.73. The molecule has 1 aromatic heterocycles. The zero-order chi connectivity index (χ0) is 11.4. The van der Waals surface area contributed by atoms with E-state index >= 15 is 0 Å². The monoisotopic (exact) mass is 220 g/mol. The van der Waals surface area contributed by atoms with Crippen molar-refractivity contribution < 1.29 is 14.3 Å². The number of hydrogen-bond acceptors (Lipinski definition) is 4. The molecule has 0 atom stereocenters. The van der Waals surface area contributed by atoms with E-state index in [2.05, 4.69) is 16.9 Å². The highest BCUT2D eigenvalue weighted by Gasteiger charge is 2.13. The number of pyridine rings is 1. The Bertz CT molecular complexity index is 418. The van der Waals surface area contributed by atoms with E-state index in [0.29, 0.717) is 31.4 Å². The van der Waals surface area contributed by atoms with Crippen LogP contribution in [0.1, 0.15) is 5.69 Å². The van der Waals surface area contributed by atoms with Crippen LogP contribution in [0.15, 0.2) is 24.8 Å². The molecule has 1 N–H and O–H groups in total. The average molecular weight is 220 g/mol. The smallest absolute Gasteiger partial charge is 0.257 e. The lowest BCUT2D eigenvalue weighted by molar-refractivity contribution is -0.116. The summed E-state index contributed by atoms with van der Waals surface area (Å²) < 4.78 is 10.7. The minimum absolute atomic E-state index is 0.225. The number of hydrogen-bond donors (Lipinski definition) is 1. The molecule has 2 rings (SSSR count). The molecule has 5 heteroatoms. The molecule has 0 spiro atoms. The van der Waals surface area contributed by atoms with E-state index in [1.807, 2.05) is 0 Å². The van der Waals surface area contributed by atoms with Crippen molar-refractivity contribution in [3.8, 4) is 11.6 Å². The van der Waals surface area contributed by atoms with Crippen LogP contribution in [0, 0.1) is 0 Å². The van der Waals surface area contributed by atoms with Crippen LogP contribution in [0.25, 0.3) is 0 Å². The normalized spacial score (nSPS) is 13.0. The summed E-state index contributed by atoms with van der Waals surface area (Å²) >= 11 is 0. The molecule has 2 heterocycles. The van der Waals surface area contributed by atoms with E-state index in [1.54, 1.807) is 12.1 Å². The van der Waals surface area contributed by atoms with Crippen molar-refractivity contribution in [2.75, 3.05) is 13.2 Å². The molecule has 0 fully saturated rings. The van der Waals surface area contributed by atoms with Crippen molar-refractivity contribution in [2.45, 2.75) is 6.54 Å². The summed E-state index contributed by atoms with van der Waals surface area (Å²) in [7, 11) is 0. The van der Waals surface area contributed by atoms with E-state index in [4.69, 9.17) is 9.47 Å². The molecule has 0 unspecified atom stereocenters. The maximum absolute atomic E-state index is 11.0. The van der Waals surface area contributed by atoms with Crippen LogP contribution >= 0.6 is 0 Å². The van der Waals surface area contributed by atoms with Gasteiger partial charge in [0, 0.05) is 0 Å². The molecule has 5 nitrogen and oxygen atoms in total. The number of amides is 1. The minimum Gasteiger partial charge on any atom is -0.484 e. The van der Waals surface area contributed by atoms with Crippen molar-refractivity contribution in [3.63, 3.8) is 0 Å². The maximum Gasteiger partial charge on any atom is 0.257 e. The van der Waals surface area contributed by atoms with Crippen molar-refractivity contribution in [1.82, 2.24) is 10.3 Å². The molecule has 1 aliphatic heterocycles. The van der Waals surface area contributed by atoms with E-state index in [9.17, 15) is 4.79 Å². The second-order valence-corrected chi connectivity index (χ2v) is 3.22. The molecule has 0 radical (unpaired) electrons. The van der Waals surface area contributed by atoms with Crippen molar-refractivity contribution >= 4 is 5.91 Å². The Morgan fingerprint density at radius 3 is 3.12 bits per heavy atom. The lowest BCUT2D eigenvalue weighted by Crippen LogP contribution is -2.21. The fourth-order valence-electron chi connectivity index (χ4n) is 1.32. The summed E-state index contributed by atoms with van der Waals surface area (Å²) in [6, 6.07) is 3.58. The van der Waals surface area contributed by atoms with Crippen molar-refractivity contribution in [2.24, 2.45) is 0 Å². The molecule has 16 heavy (non-hydrogen) atoms. The third kappa shape index (κ3) is 2.31. The lowest BCUT2D eigenvalue weighted by atomic mass is 10.3. The maximum atomic E-state index is 11.0. The van der Waals surface area contributed by atoms with Crippen LogP contribution in [0.5, 0.6) is 11.6 Å². The summed E-state index contributed by atoms with van der Waals surface area (Å²) in [6.07, 6.45) is 1.22. The number of ether oxygens (including phenoxy) is 2. The SMILES string of the molecule is C=CC(=O)NCc1ccc2c(n1)OCCO2. The summed E-state index contributed by atoms with van der Waals surface area (Å²) in [5.41, 5.74) is 0.722. The van der Waals surface area contributed by atoms with Crippen LogP contribution in [0.2, 0.25) is 0 Å². The number of nitrogens with zero attached hydrogens (tertiary/aromatic N) is 1. The van der Waals surface area contributed by atoms with Crippen LogP contribution in [-0.4, -0.2) is 24.1 Å². The van der Waals surface area contributed by atoms with Gasteiger partial charge in [0.1, 0.15) is 13.2 Å². The first-order valence-electron chi connectivity index (χ1n) is 4.95. The van der Waals surface area contributed by atoms with Gasteiger partial charge in [0.25, 0.3) is 5.88 Å². The second kappa shape index (κ2) is 4.65. The molecular formula is C11H12N2O3. The van der Waals surface area contributed by atoms with Gasteiger partial charge in [0.2, 0.25) is 5.91 Å². The predicted octanol–water partition coefficient (Wildman–Crippen LogP) is 0.655. The third-order valence-electron chi connectivity index (χ3n) is 2.09. The van der Waals surface area contributed by atoms with E-state index in [-0.39, 0.29) is 5.91 Å². The van der Waals surface area contributed by atoms with Gasteiger partial charge >= 0.3 is 0 Å². The van der Waals surface area contributed by atoms with Gasteiger partial charge in [-0.25, -0.2) is 4.98 Å². The first kappa shape index (κ1) is 10.5. The Morgan fingerprint density at radius 1 is 1.50 bits per heavy atom. The van der Waals surface area contributed by atoms with Gasteiger partial charge in [-0.3, -0.25) is 4.79 Å². The minimum atomic E-state index is -0.225. The summed E-state index contributed by atoms with van der Waals surface area (Å²) in [6.45, 7) is 4.76. The molecule has 1 aromatic rings. The Balaban J connectivity index is 2.05. The lowest BCUT2D eigenvalue weighted by Gasteiger charge is -2.17. The van der Waals surface area contributed by atoms with Gasteiger partial charge < -0.3 is 14.8 Å². The topological polar surface area (TPSA) is 60.5 Å². The van der Waals surface area contributed by atoms with E-state index in [0.717, 1.165) is 5.69 Å². The fourth-order valence-corrected chi connectivity index (χ4v) is 1.32. The fraction of sp³-hybridized carbons (Fsp3) is 0.273. The van der Waals surface area contributed by atoms with Crippen LogP contribution in [0.3, 0.4) is 0 Å². The molecular weight excluding hydrogens is 208 g/mol. The second-order valence-electron chi connectivity index (χ2n) is 3.22. The first-order chi connectivity index (χ1) is 7.79. The van der Waals surface area contributed by atoms with Crippen molar-refractivity contribution in [3.05, 3.63) is 30.5 Å². The van der Waals surface area contributed by atoms with Gasteiger partial charge in [-0.1, -0.05) is 6.58 Å². The number of aromatic nitrogens is 1. The highest BCUT2D eigenvalue weighted by molar-refractivity contribution is 5.86. The summed E-state index contributed by atoms with van der Waals surface area (Å²) in [5, 5.41) is 2.64. The number of nitrogens with one attached hydrogen (secondary N) is 1. The highest BCUT2D eigenvalue weighted by Crippen LogP contribution is 2.27. The van der Waals surface area contributed by atoms with Crippen LogP contribution in [0.4, 0.5) is 0 Å². The summed E-state index contributed by atoms with van der Waals surface area (Å²) in [4.78, 5) is 15.2. The van der Waals surface area contributed by atoms with Gasteiger partial charge in [-0.2, -0.15) is 0 Å². The van der Waals surface area contributed by atoms with E-state index < -0.39 is 0 Å². The quantitative estimate of drug-likeness (QED) is 0.760. The zero-order valence-corrected chi connectivity index (χ0v) is 8.73. The Hall–Kier alpha value is -2.04. The molecule has 0 aromatic carbocycles. The molecule has 84 valence electrons. The largest absolute Gasteiger partial charge is 0.484 e. The highest BCUT2D eigenvalue weighted by atomic mass is 16.6. The van der Waals surface area contributed by atoms with Crippen LogP contribution in [-0.2, 0) is 11.3 Å². The van der Waals surface area contributed by atoms with E-state index in [1.165, 1.54) is 6.08 Å². The third-order valence-corrected chi connectivity index (χ3v) is 2.09. The molecule has 0 saturated heterocycles. The number of carbonyl (C=O) groups excluding carboxylic acids is 1. The molecule has 1 aliphatic rings. The Kier molecular flexibility index (Phi) is 3.05.